The number of hydrogen-bond acceptors (Lipinski definition) is 4. The zero-order chi connectivity index (χ0) is 19.4. The monoisotopic (exact) mass is 369 g/mol. The number of aliphatic imine (C=N–C) groups is 1. The predicted molar refractivity (Wildman–Crippen MR) is 108 cm³/mol. The van der Waals surface area contributed by atoms with Crippen LogP contribution in [0.3, 0.4) is 0 Å². The van der Waals surface area contributed by atoms with E-state index >= 15 is 0 Å². The fraction of sp³-hybridized carbons (Fsp3) is 0.895. The summed E-state index contributed by atoms with van der Waals surface area (Å²) >= 11 is 0. The van der Waals surface area contributed by atoms with Gasteiger partial charge in [0.05, 0.1) is 12.7 Å². The molecule has 0 bridgehead atoms. The van der Waals surface area contributed by atoms with Gasteiger partial charge in [-0.2, -0.15) is 0 Å². The molecule has 0 aromatic heterocycles. The first-order valence-electron chi connectivity index (χ1n) is 10.0. The Morgan fingerprint density at radius 1 is 1.31 bits per heavy atom. The Balaban J connectivity index is 2.42. The highest BCUT2D eigenvalue weighted by Crippen LogP contribution is 2.10. The van der Waals surface area contributed by atoms with Crippen LogP contribution >= 0.6 is 0 Å². The molecule has 0 aromatic rings. The maximum absolute atomic E-state index is 11.8. The fourth-order valence-electron chi connectivity index (χ4n) is 2.74. The molecular formula is C19H39N5O2. The standard InChI is InChI=1S/C19H39N5O2/c1-6-7-10-20-19(21-15-18(25)23(4)5)22-17-8-11-24(12-9-17)13-14-26-16(2)3/h16-17H,6-15H2,1-5H3,(H2,20,21,22). The minimum Gasteiger partial charge on any atom is -0.377 e. The highest BCUT2D eigenvalue weighted by Gasteiger charge is 2.20. The van der Waals surface area contributed by atoms with E-state index < -0.39 is 0 Å². The van der Waals surface area contributed by atoms with Gasteiger partial charge in [-0.3, -0.25) is 4.79 Å². The Hall–Kier alpha value is -1.34. The SMILES string of the molecule is CCCCNC(=NCC(=O)N(C)C)NC1CCN(CCOC(C)C)CC1. The number of amides is 1. The molecule has 1 aliphatic rings. The summed E-state index contributed by atoms with van der Waals surface area (Å²) in [6.45, 7) is 11.3. The van der Waals surface area contributed by atoms with Crippen molar-refractivity contribution in [2.24, 2.45) is 4.99 Å². The molecule has 26 heavy (non-hydrogen) atoms. The van der Waals surface area contributed by atoms with Crippen molar-refractivity contribution < 1.29 is 9.53 Å². The molecule has 2 N–H and O–H groups in total. The van der Waals surface area contributed by atoms with E-state index in [9.17, 15) is 4.79 Å². The van der Waals surface area contributed by atoms with E-state index in [4.69, 9.17) is 4.74 Å². The van der Waals surface area contributed by atoms with Gasteiger partial charge in [0.2, 0.25) is 5.91 Å². The van der Waals surface area contributed by atoms with Gasteiger partial charge in [-0.15, -0.1) is 0 Å². The lowest BCUT2D eigenvalue weighted by atomic mass is 10.1. The maximum atomic E-state index is 11.8. The van der Waals surface area contributed by atoms with Crippen LogP contribution in [0.15, 0.2) is 4.99 Å². The van der Waals surface area contributed by atoms with Crippen molar-refractivity contribution in [2.75, 3.05) is 53.4 Å². The first-order valence-corrected chi connectivity index (χ1v) is 10.0. The Bertz CT molecular complexity index is 418. The number of ether oxygens (including phenoxy) is 1. The number of unbranched alkanes of at least 4 members (excludes halogenated alkanes) is 1. The van der Waals surface area contributed by atoms with Gasteiger partial charge >= 0.3 is 0 Å². The molecule has 0 aromatic carbocycles. The van der Waals surface area contributed by atoms with Gasteiger partial charge in [0.15, 0.2) is 5.96 Å². The molecule has 0 unspecified atom stereocenters. The third kappa shape index (κ3) is 9.97. The molecule has 0 spiro atoms. The van der Waals surface area contributed by atoms with Crippen LogP contribution in [0.1, 0.15) is 46.5 Å². The predicted octanol–water partition coefficient (Wildman–Crippen LogP) is 1.30. The Kier molecular flexibility index (Phi) is 11.3. The van der Waals surface area contributed by atoms with Crippen molar-refractivity contribution in [1.29, 1.82) is 0 Å². The van der Waals surface area contributed by atoms with Gasteiger partial charge in [-0.25, -0.2) is 4.99 Å². The second-order valence-electron chi connectivity index (χ2n) is 7.41. The molecule has 1 fully saturated rings. The van der Waals surface area contributed by atoms with Crippen LogP contribution in [0.2, 0.25) is 0 Å². The normalized spacial score (nSPS) is 16.8. The molecule has 1 saturated heterocycles. The number of carbonyl (C=O) groups is 1. The summed E-state index contributed by atoms with van der Waals surface area (Å²) in [7, 11) is 3.52. The van der Waals surface area contributed by atoms with Crippen molar-refractivity contribution >= 4 is 11.9 Å². The van der Waals surface area contributed by atoms with E-state index in [0.717, 1.165) is 64.4 Å². The number of likely N-dealkylation sites (N-methyl/N-ethyl adjacent to an activating group) is 1. The summed E-state index contributed by atoms with van der Waals surface area (Å²) in [5.41, 5.74) is 0. The molecule has 1 aliphatic heterocycles. The lowest BCUT2D eigenvalue weighted by Gasteiger charge is -2.33. The number of piperidine rings is 1. The topological polar surface area (TPSA) is 69.2 Å². The van der Waals surface area contributed by atoms with Crippen LogP contribution in [-0.2, 0) is 9.53 Å². The minimum absolute atomic E-state index is 0.0153. The number of hydrogen-bond donors (Lipinski definition) is 2. The number of nitrogens with zero attached hydrogens (tertiary/aromatic N) is 3. The molecule has 0 atom stereocenters. The van der Waals surface area contributed by atoms with Crippen molar-refractivity contribution in [3.05, 3.63) is 0 Å². The summed E-state index contributed by atoms with van der Waals surface area (Å²) in [5, 5.41) is 6.87. The summed E-state index contributed by atoms with van der Waals surface area (Å²) in [5.74, 6) is 0.775. The van der Waals surface area contributed by atoms with Gasteiger partial charge in [-0.05, 0) is 33.1 Å². The molecule has 0 aliphatic carbocycles. The summed E-state index contributed by atoms with van der Waals surface area (Å²) < 4.78 is 5.64. The molecule has 1 rings (SSSR count). The number of rotatable bonds is 10. The lowest BCUT2D eigenvalue weighted by molar-refractivity contribution is -0.127. The zero-order valence-corrected chi connectivity index (χ0v) is 17.4. The van der Waals surface area contributed by atoms with Gasteiger partial charge in [0, 0.05) is 46.3 Å². The molecule has 0 saturated carbocycles. The van der Waals surface area contributed by atoms with Gasteiger partial charge in [0.1, 0.15) is 6.54 Å². The van der Waals surface area contributed by atoms with Gasteiger partial charge < -0.3 is 25.2 Å². The molecule has 1 amide bonds. The molecule has 152 valence electrons. The van der Waals surface area contributed by atoms with E-state index in [1.807, 2.05) is 0 Å². The molecule has 7 heteroatoms. The first kappa shape index (κ1) is 22.7. The third-order valence-electron chi connectivity index (χ3n) is 4.48. The molecule has 1 heterocycles. The van der Waals surface area contributed by atoms with E-state index in [1.165, 1.54) is 0 Å². The van der Waals surface area contributed by atoms with E-state index in [2.05, 4.69) is 41.3 Å². The number of likely N-dealkylation sites (tertiary alicyclic amines) is 1. The van der Waals surface area contributed by atoms with Crippen LogP contribution in [-0.4, -0.2) is 87.2 Å². The average molecular weight is 370 g/mol. The first-order chi connectivity index (χ1) is 12.4. The van der Waals surface area contributed by atoms with Crippen LogP contribution < -0.4 is 10.6 Å². The van der Waals surface area contributed by atoms with E-state index in [-0.39, 0.29) is 12.5 Å². The average Bonchev–Trinajstić information content (AvgIpc) is 2.60. The second-order valence-corrected chi connectivity index (χ2v) is 7.41. The number of carbonyl (C=O) groups excluding carboxylic acids is 1. The van der Waals surface area contributed by atoms with Crippen molar-refractivity contribution in [2.45, 2.75) is 58.6 Å². The molecule has 0 radical (unpaired) electrons. The van der Waals surface area contributed by atoms with E-state index in [1.54, 1.807) is 19.0 Å². The summed E-state index contributed by atoms with van der Waals surface area (Å²) in [6, 6.07) is 0.402. The number of nitrogens with one attached hydrogen (secondary N) is 2. The van der Waals surface area contributed by atoms with Crippen molar-refractivity contribution in [3.63, 3.8) is 0 Å². The van der Waals surface area contributed by atoms with Crippen LogP contribution in [0.4, 0.5) is 0 Å². The molecule has 7 nitrogen and oxygen atoms in total. The van der Waals surface area contributed by atoms with Gasteiger partial charge in [0.25, 0.3) is 0 Å². The van der Waals surface area contributed by atoms with Crippen LogP contribution in [0.5, 0.6) is 0 Å². The number of guanidine groups is 1. The minimum atomic E-state index is 0.0153. The lowest BCUT2D eigenvalue weighted by Crippen LogP contribution is -2.49. The maximum Gasteiger partial charge on any atom is 0.243 e. The third-order valence-corrected chi connectivity index (χ3v) is 4.48. The highest BCUT2D eigenvalue weighted by molar-refractivity contribution is 5.84. The smallest absolute Gasteiger partial charge is 0.243 e. The van der Waals surface area contributed by atoms with Crippen molar-refractivity contribution in [1.82, 2.24) is 20.4 Å². The Labute approximate surface area is 159 Å². The quantitative estimate of drug-likeness (QED) is 0.345. The highest BCUT2D eigenvalue weighted by atomic mass is 16.5. The molecular weight excluding hydrogens is 330 g/mol. The second kappa shape index (κ2) is 12.9. The van der Waals surface area contributed by atoms with Crippen molar-refractivity contribution in [3.8, 4) is 0 Å². The largest absolute Gasteiger partial charge is 0.377 e. The van der Waals surface area contributed by atoms with Crippen LogP contribution in [0, 0.1) is 0 Å². The Morgan fingerprint density at radius 3 is 2.58 bits per heavy atom. The fourth-order valence-corrected chi connectivity index (χ4v) is 2.74. The van der Waals surface area contributed by atoms with Gasteiger partial charge in [-0.1, -0.05) is 13.3 Å². The summed E-state index contributed by atoms with van der Waals surface area (Å²) in [6.07, 6.45) is 4.69. The zero-order valence-electron chi connectivity index (χ0n) is 17.4. The van der Waals surface area contributed by atoms with Crippen LogP contribution in [0.25, 0.3) is 0 Å². The van der Waals surface area contributed by atoms with E-state index in [0.29, 0.717) is 12.1 Å². The Morgan fingerprint density at radius 2 is 2.00 bits per heavy atom. The summed E-state index contributed by atoms with van der Waals surface area (Å²) in [4.78, 5) is 20.3.